The lowest BCUT2D eigenvalue weighted by Crippen LogP contribution is -2.38. The monoisotopic (exact) mass is 1020 g/mol. The van der Waals surface area contributed by atoms with Crippen LogP contribution in [0.4, 0.5) is 0 Å². The molecule has 0 saturated carbocycles. The van der Waals surface area contributed by atoms with Crippen LogP contribution in [0.15, 0.2) is 79.3 Å². The Morgan fingerprint density at radius 2 is 1.07 bits per heavy atom. The predicted octanol–water partition coefficient (Wildman–Crippen LogP) is 9.17. The fourth-order valence-electron chi connectivity index (χ4n) is 8.16. The van der Waals surface area contributed by atoms with Crippen LogP contribution in [0.3, 0.4) is 0 Å². The number of rotatable bonds is 26. The van der Waals surface area contributed by atoms with Crippen molar-refractivity contribution >= 4 is 68.5 Å². The van der Waals surface area contributed by atoms with E-state index in [-0.39, 0.29) is 51.4 Å². The molecule has 3 heterocycles. The van der Waals surface area contributed by atoms with Gasteiger partial charge in [-0.05, 0) is 147 Å². The number of hydrogen-bond acceptors (Lipinski definition) is 12. The molecular weight excluding hydrogens is 949 g/mol. The first kappa shape index (κ1) is 59.5. The van der Waals surface area contributed by atoms with Crippen molar-refractivity contribution in [3.63, 3.8) is 0 Å². The van der Waals surface area contributed by atoms with Gasteiger partial charge in [-0.25, -0.2) is 0 Å². The van der Waals surface area contributed by atoms with Gasteiger partial charge in [-0.15, -0.1) is 0 Å². The highest BCUT2D eigenvalue weighted by molar-refractivity contribution is 5.92. The lowest BCUT2D eigenvalue weighted by atomic mass is 10.1. The fraction of sp³-hybridized carbons (Fsp3) is 0.464. The molecule has 0 radical (unpaired) electrons. The van der Waals surface area contributed by atoms with Crippen molar-refractivity contribution in [3.05, 3.63) is 90.4 Å². The average Bonchev–Trinajstić information content (AvgIpc) is 4.07. The van der Waals surface area contributed by atoms with Crippen molar-refractivity contribution in [1.29, 1.82) is 0 Å². The molecule has 0 aliphatic heterocycles. The molecule has 74 heavy (non-hydrogen) atoms. The molecule has 18 nitrogen and oxygen atoms in total. The standard InChI is InChI=1S/C21H30N2O4.C19H26N2O4.C16H20N2O4/c1-14(2)23(15(3)4)12-11-16-13-22-17-7-5-8-18(21(16)17)27-20(26)10-6-9-19(24)25;1-13(2)21(3)11-10-14-12-20-15-6-4-7-16(19(14)15)25-18(24)9-5-8-17(22)23;1-17(2)9-10-18-8-7-12-3-4-13(11-14(12)18)22-16(21)6-5-15(19)20/h5,7-8,13-15,22H,6,9-12H2,1-4H3,(H,24,25);4,6-7,12-13,20H,5,8-11H2,1-3H3,(H,22,23);3-4,7-8,11H,5-6,9-10H2,1-2H3,(H,19,20). The number of H-pyrrole nitrogens is 2. The van der Waals surface area contributed by atoms with Crippen molar-refractivity contribution in [3.8, 4) is 17.2 Å². The molecule has 0 bridgehead atoms. The zero-order valence-electron chi connectivity index (χ0n) is 44.4. The molecule has 3 aromatic heterocycles. The fourth-order valence-corrected chi connectivity index (χ4v) is 8.16. The molecule has 0 atom stereocenters. The molecule has 0 saturated heterocycles. The number of aromatic amines is 2. The molecule has 6 rings (SSSR count). The Morgan fingerprint density at radius 3 is 1.54 bits per heavy atom. The number of carbonyl (C=O) groups excluding carboxylic acids is 3. The van der Waals surface area contributed by atoms with E-state index in [9.17, 15) is 28.8 Å². The maximum Gasteiger partial charge on any atom is 0.311 e. The SMILES string of the molecule is CC(C)N(C)CCc1c[nH]c2cccc(OC(=O)CCCC(=O)O)c12.CC(C)N(CCc1c[nH]c2cccc(OC(=O)CCCC(=O)O)c12)C(C)C.CN(C)CCn1ccc2ccc(OC(=O)CCC(=O)O)cc21. The minimum absolute atomic E-state index is 0.0315. The number of likely N-dealkylation sites (N-methyl/N-ethyl adjacent to an activating group) is 2. The van der Waals surface area contributed by atoms with Gasteiger partial charge in [0, 0.05) is 116 Å². The van der Waals surface area contributed by atoms with Gasteiger partial charge < -0.3 is 53.9 Å². The van der Waals surface area contributed by atoms with Crippen LogP contribution < -0.4 is 14.2 Å². The number of aliphatic carboxylic acids is 3. The highest BCUT2D eigenvalue weighted by Gasteiger charge is 2.19. The number of aromatic nitrogens is 3. The normalized spacial score (nSPS) is 11.4. The van der Waals surface area contributed by atoms with Gasteiger partial charge in [-0.1, -0.05) is 12.1 Å². The van der Waals surface area contributed by atoms with Crippen molar-refractivity contribution in [2.45, 2.75) is 130 Å². The lowest BCUT2D eigenvalue weighted by molar-refractivity contribution is -0.142. The van der Waals surface area contributed by atoms with E-state index in [2.05, 4.69) is 77.8 Å². The molecule has 0 fully saturated rings. The Labute approximate surface area is 433 Å². The van der Waals surface area contributed by atoms with Gasteiger partial charge in [0.25, 0.3) is 0 Å². The summed E-state index contributed by atoms with van der Waals surface area (Å²) in [4.78, 5) is 80.5. The summed E-state index contributed by atoms with van der Waals surface area (Å²) >= 11 is 0. The second-order valence-corrected chi connectivity index (χ2v) is 19.3. The van der Waals surface area contributed by atoms with E-state index in [1.165, 1.54) is 0 Å². The summed E-state index contributed by atoms with van der Waals surface area (Å²) in [7, 11) is 6.12. The third-order valence-electron chi connectivity index (χ3n) is 12.4. The lowest BCUT2D eigenvalue weighted by Gasteiger charge is -2.30. The van der Waals surface area contributed by atoms with Gasteiger partial charge in [-0.2, -0.15) is 0 Å². The van der Waals surface area contributed by atoms with E-state index in [4.69, 9.17) is 29.5 Å². The topological polar surface area (TPSA) is 237 Å². The van der Waals surface area contributed by atoms with Gasteiger partial charge in [0.1, 0.15) is 17.2 Å². The van der Waals surface area contributed by atoms with Crippen molar-refractivity contribution in [2.75, 3.05) is 40.8 Å². The molecule has 0 spiro atoms. The molecule has 6 aromatic rings. The third-order valence-corrected chi connectivity index (χ3v) is 12.4. The zero-order chi connectivity index (χ0) is 54.5. The summed E-state index contributed by atoms with van der Waals surface area (Å²) in [6.45, 7) is 16.7. The van der Waals surface area contributed by atoms with Gasteiger partial charge in [0.2, 0.25) is 0 Å². The van der Waals surface area contributed by atoms with Crippen LogP contribution >= 0.6 is 0 Å². The number of esters is 3. The number of carboxylic acid groups (broad SMARTS) is 3. The van der Waals surface area contributed by atoms with E-state index in [1.54, 1.807) is 18.2 Å². The van der Waals surface area contributed by atoms with Crippen LogP contribution in [0.25, 0.3) is 32.7 Å². The number of fused-ring (bicyclic) bond motifs is 3. The third kappa shape index (κ3) is 19.4. The molecule has 5 N–H and O–H groups in total. The minimum atomic E-state index is -1.01. The van der Waals surface area contributed by atoms with E-state index in [0.717, 1.165) is 82.9 Å². The Balaban J connectivity index is 0.000000242. The van der Waals surface area contributed by atoms with Crippen LogP contribution in [0.2, 0.25) is 0 Å². The summed E-state index contributed by atoms with van der Waals surface area (Å²) in [5.74, 6) is -2.66. The van der Waals surface area contributed by atoms with Gasteiger partial charge in [0.15, 0.2) is 0 Å². The minimum Gasteiger partial charge on any atom is -0.481 e. The van der Waals surface area contributed by atoms with Crippen molar-refractivity contribution in [2.24, 2.45) is 0 Å². The zero-order valence-corrected chi connectivity index (χ0v) is 44.4. The summed E-state index contributed by atoms with van der Waals surface area (Å²) in [6.07, 6.45) is 7.98. The van der Waals surface area contributed by atoms with Crippen LogP contribution in [0.5, 0.6) is 17.2 Å². The van der Waals surface area contributed by atoms with Crippen molar-refractivity contribution < 1.29 is 58.3 Å². The van der Waals surface area contributed by atoms with Crippen LogP contribution in [-0.2, 0) is 48.2 Å². The van der Waals surface area contributed by atoms with Gasteiger partial charge in [0.05, 0.1) is 18.4 Å². The first-order chi connectivity index (χ1) is 35.1. The number of carbonyl (C=O) groups is 6. The summed E-state index contributed by atoms with van der Waals surface area (Å²) < 4.78 is 18.3. The Hall–Kier alpha value is -7.02. The van der Waals surface area contributed by atoms with Crippen LogP contribution in [-0.4, -0.2) is 139 Å². The number of nitrogens with zero attached hydrogens (tertiary/aromatic N) is 4. The maximum atomic E-state index is 12.1. The molecule has 18 heteroatoms. The Bertz CT molecular complexity index is 2780. The number of hydrogen-bond donors (Lipinski definition) is 5. The van der Waals surface area contributed by atoms with E-state index in [1.807, 2.05) is 75.2 Å². The number of ether oxygens (including phenoxy) is 3. The molecule has 0 aliphatic carbocycles. The smallest absolute Gasteiger partial charge is 0.311 e. The molecule has 0 amide bonds. The number of nitrogens with one attached hydrogen (secondary N) is 2. The highest BCUT2D eigenvalue weighted by atomic mass is 16.5. The Kier molecular flexibility index (Phi) is 23.8. The number of carboxylic acids is 3. The first-order valence-electron chi connectivity index (χ1n) is 25.3. The average molecular weight is 1030 g/mol. The quantitative estimate of drug-likeness (QED) is 0.0252. The molecular formula is C56H76N6O12. The molecule has 3 aromatic carbocycles. The van der Waals surface area contributed by atoms with E-state index in [0.29, 0.717) is 35.4 Å². The maximum absolute atomic E-state index is 12.1. The summed E-state index contributed by atoms with van der Waals surface area (Å²) in [5, 5.41) is 28.8. The van der Waals surface area contributed by atoms with Gasteiger partial charge >= 0.3 is 35.8 Å². The largest absolute Gasteiger partial charge is 0.481 e. The summed E-state index contributed by atoms with van der Waals surface area (Å²) in [5.41, 5.74) is 5.08. The summed E-state index contributed by atoms with van der Waals surface area (Å²) in [6, 6.07) is 20.0. The van der Waals surface area contributed by atoms with E-state index < -0.39 is 35.8 Å². The molecule has 0 unspecified atom stereocenters. The molecule has 402 valence electrons. The van der Waals surface area contributed by atoms with E-state index >= 15 is 0 Å². The Morgan fingerprint density at radius 1 is 0.568 bits per heavy atom. The molecule has 0 aliphatic rings. The first-order valence-corrected chi connectivity index (χ1v) is 25.3. The predicted molar refractivity (Wildman–Crippen MR) is 286 cm³/mol. The van der Waals surface area contributed by atoms with Crippen LogP contribution in [0, 0.1) is 0 Å². The van der Waals surface area contributed by atoms with Crippen molar-refractivity contribution in [1.82, 2.24) is 29.2 Å². The highest BCUT2D eigenvalue weighted by Crippen LogP contribution is 2.31. The second kappa shape index (κ2) is 29.6. The van der Waals surface area contributed by atoms with Gasteiger partial charge in [-0.3, -0.25) is 33.7 Å². The second-order valence-electron chi connectivity index (χ2n) is 19.3. The van der Waals surface area contributed by atoms with Crippen LogP contribution in [0.1, 0.15) is 104 Å². The number of benzene rings is 3.